The Bertz CT molecular complexity index is 388. The Labute approximate surface area is 117 Å². The highest BCUT2D eigenvalue weighted by molar-refractivity contribution is 9.10. The fraction of sp³-hybridized carbons (Fsp3) is 0.571. The van der Waals surface area contributed by atoms with E-state index in [1.807, 2.05) is 24.3 Å². The molecular weight excluding hydrogens is 294 g/mol. The Balaban J connectivity index is 1.79. The van der Waals surface area contributed by atoms with E-state index in [-0.39, 0.29) is 5.60 Å². The average molecular weight is 314 g/mol. The van der Waals surface area contributed by atoms with Crippen molar-refractivity contribution < 1.29 is 9.84 Å². The lowest BCUT2D eigenvalue weighted by atomic mass is 9.80. The van der Waals surface area contributed by atoms with E-state index in [0.717, 1.165) is 29.4 Å². The smallest absolute Gasteiger partial charge is 0.0914 e. The number of halogens is 1. The fourth-order valence-corrected chi connectivity index (χ4v) is 2.71. The largest absolute Gasteiger partial charge is 0.387 e. The maximum atomic E-state index is 10.1. The van der Waals surface area contributed by atoms with Crippen molar-refractivity contribution in [1.82, 2.24) is 5.32 Å². The predicted octanol–water partition coefficient (Wildman–Crippen LogP) is 2.64. The molecule has 1 saturated carbocycles. The Morgan fingerprint density at radius 2 is 2.28 bits per heavy atom. The predicted molar refractivity (Wildman–Crippen MR) is 75.6 cm³/mol. The Kier molecular flexibility index (Phi) is 4.78. The molecule has 4 heteroatoms. The summed E-state index contributed by atoms with van der Waals surface area (Å²) in [6, 6.07) is 7.78. The summed E-state index contributed by atoms with van der Waals surface area (Å²) in [5.74, 6) is 0. The van der Waals surface area contributed by atoms with Gasteiger partial charge in [0.25, 0.3) is 0 Å². The molecule has 0 heterocycles. The standard InChI is InChI=1S/C14H20BrNO2/c1-18-14(6-3-7-14)10-16-9-13(17)11-4-2-5-12(15)8-11/h2,4-5,8,13,16-17H,3,6-7,9-10H2,1H3. The maximum absolute atomic E-state index is 10.1. The maximum Gasteiger partial charge on any atom is 0.0914 e. The minimum Gasteiger partial charge on any atom is -0.387 e. The average Bonchev–Trinajstić information content (AvgIpc) is 2.32. The zero-order valence-corrected chi connectivity index (χ0v) is 12.2. The summed E-state index contributed by atoms with van der Waals surface area (Å²) < 4.78 is 6.52. The third kappa shape index (κ3) is 3.32. The van der Waals surface area contributed by atoms with Gasteiger partial charge in [-0.25, -0.2) is 0 Å². The van der Waals surface area contributed by atoms with Gasteiger partial charge in [-0.3, -0.25) is 0 Å². The number of aliphatic hydroxyl groups excluding tert-OH is 1. The molecule has 3 nitrogen and oxygen atoms in total. The number of hydrogen-bond acceptors (Lipinski definition) is 3. The van der Waals surface area contributed by atoms with Gasteiger partial charge in [0.2, 0.25) is 0 Å². The first kappa shape index (κ1) is 14.0. The van der Waals surface area contributed by atoms with E-state index in [4.69, 9.17) is 4.74 Å². The van der Waals surface area contributed by atoms with Gasteiger partial charge in [0, 0.05) is 24.7 Å². The normalized spacial score (nSPS) is 19.3. The Morgan fingerprint density at radius 1 is 1.50 bits per heavy atom. The van der Waals surface area contributed by atoms with Crippen LogP contribution >= 0.6 is 15.9 Å². The zero-order chi connectivity index (χ0) is 13.0. The van der Waals surface area contributed by atoms with Crippen molar-refractivity contribution in [3.05, 3.63) is 34.3 Å². The lowest BCUT2D eigenvalue weighted by Crippen LogP contribution is -2.48. The van der Waals surface area contributed by atoms with Crippen LogP contribution in [0.3, 0.4) is 0 Å². The summed E-state index contributed by atoms with van der Waals surface area (Å²) in [7, 11) is 1.77. The van der Waals surface area contributed by atoms with Crippen molar-refractivity contribution in [3.63, 3.8) is 0 Å². The summed E-state index contributed by atoms with van der Waals surface area (Å²) >= 11 is 3.41. The summed E-state index contributed by atoms with van der Waals surface area (Å²) in [6.07, 6.45) is 2.99. The van der Waals surface area contributed by atoms with Gasteiger partial charge in [0.15, 0.2) is 0 Å². The number of methoxy groups -OCH3 is 1. The molecular formula is C14H20BrNO2. The Hall–Kier alpha value is -0.420. The number of rotatable bonds is 6. The number of benzene rings is 1. The highest BCUT2D eigenvalue weighted by Gasteiger charge is 2.36. The molecule has 100 valence electrons. The van der Waals surface area contributed by atoms with Crippen LogP contribution in [0.4, 0.5) is 0 Å². The molecule has 1 aromatic rings. The van der Waals surface area contributed by atoms with Crippen LogP contribution in [0.1, 0.15) is 30.9 Å². The summed E-state index contributed by atoms with van der Waals surface area (Å²) in [4.78, 5) is 0. The molecule has 1 aromatic carbocycles. The van der Waals surface area contributed by atoms with Crippen LogP contribution in [0.2, 0.25) is 0 Å². The van der Waals surface area contributed by atoms with Gasteiger partial charge in [-0.05, 0) is 37.0 Å². The number of hydrogen-bond donors (Lipinski definition) is 2. The molecule has 0 aromatic heterocycles. The number of ether oxygens (including phenoxy) is 1. The Morgan fingerprint density at radius 3 is 2.83 bits per heavy atom. The summed E-state index contributed by atoms with van der Waals surface area (Å²) in [5, 5.41) is 13.4. The molecule has 0 aliphatic heterocycles. The van der Waals surface area contributed by atoms with Crippen LogP contribution in [0, 0.1) is 0 Å². The monoisotopic (exact) mass is 313 g/mol. The van der Waals surface area contributed by atoms with Crippen molar-refractivity contribution in [1.29, 1.82) is 0 Å². The molecule has 1 aliphatic rings. The van der Waals surface area contributed by atoms with Crippen LogP contribution in [0.5, 0.6) is 0 Å². The SMILES string of the molecule is COC1(CNCC(O)c2cccc(Br)c2)CCC1. The second-order valence-corrected chi connectivity index (χ2v) is 5.86. The van der Waals surface area contributed by atoms with Crippen molar-refractivity contribution in [2.45, 2.75) is 31.0 Å². The molecule has 1 aliphatic carbocycles. The molecule has 0 amide bonds. The molecule has 1 fully saturated rings. The van der Waals surface area contributed by atoms with E-state index in [2.05, 4.69) is 21.2 Å². The lowest BCUT2D eigenvalue weighted by Gasteiger charge is -2.40. The van der Waals surface area contributed by atoms with Gasteiger partial charge < -0.3 is 15.2 Å². The van der Waals surface area contributed by atoms with Crippen molar-refractivity contribution in [2.75, 3.05) is 20.2 Å². The topological polar surface area (TPSA) is 41.5 Å². The molecule has 0 bridgehead atoms. The van der Waals surface area contributed by atoms with Gasteiger partial charge in [0.05, 0.1) is 11.7 Å². The van der Waals surface area contributed by atoms with Crippen LogP contribution < -0.4 is 5.32 Å². The van der Waals surface area contributed by atoms with Gasteiger partial charge in [-0.15, -0.1) is 0 Å². The van der Waals surface area contributed by atoms with Gasteiger partial charge in [0.1, 0.15) is 0 Å². The highest BCUT2D eigenvalue weighted by Crippen LogP contribution is 2.34. The second-order valence-electron chi connectivity index (χ2n) is 4.94. The quantitative estimate of drug-likeness (QED) is 0.848. The third-order valence-electron chi connectivity index (χ3n) is 3.72. The minimum atomic E-state index is -0.475. The van der Waals surface area contributed by atoms with Crippen molar-refractivity contribution in [3.8, 4) is 0 Å². The first-order valence-electron chi connectivity index (χ1n) is 6.35. The van der Waals surface area contributed by atoms with Crippen molar-refractivity contribution >= 4 is 15.9 Å². The molecule has 1 atom stereocenters. The minimum absolute atomic E-state index is 0.0109. The van der Waals surface area contributed by atoms with Gasteiger partial charge in [-0.1, -0.05) is 28.1 Å². The van der Waals surface area contributed by atoms with E-state index >= 15 is 0 Å². The molecule has 1 unspecified atom stereocenters. The molecule has 0 saturated heterocycles. The molecule has 0 radical (unpaired) electrons. The van der Waals surface area contributed by atoms with Gasteiger partial charge in [-0.2, -0.15) is 0 Å². The van der Waals surface area contributed by atoms with E-state index in [0.29, 0.717) is 6.54 Å². The summed E-state index contributed by atoms with van der Waals surface area (Å²) in [5.41, 5.74) is 0.939. The molecule has 2 rings (SSSR count). The van der Waals surface area contributed by atoms with Crippen LogP contribution in [0.25, 0.3) is 0 Å². The van der Waals surface area contributed by atoms with Crippen molar-refractivity contribution in [2.24, 2.45) is 0 Å². The number of nitrogens with one attached hydrogen (secondary N) is 1. The third-order valence-corrected chi connectivity index (χ3v) is 4.21. The van der Waals surface area contributed by atoms with Crippen LogP contribution in [-0.4, -0.2) is 30.9 Å². The molecule has 18 heavy (non-hydrogen) atoms. The van der Waals surface area contributed by atoms with Gasteiger partial charge >= 0.3 is 0 Å². The van der Waals surface area contributed by atoms with Crippen LogP contribution in [0.15, 0.2) is 28.7 Å². The lowest BCUT2D eigenvalue weighted by molar-refractivity contribution is -0.0703. The summed E-state index contributed by atoms with van der Waals surface area (Å²) in [6.45, 7) is 1.37. The fourth-order valence-electron chi connectivity index (χ4n) is 2.29. The van der Waals surface area contributed by atoms with E-state index in [1.54, 1.807) is 7.11 Å². The van der Waals surface area contributed by atoms with E-state index < -0.39 is 6.10 Å². The highest BCUT2D eigenvalue weighted by atomic mass is 79.9. The second kappa shape index (κ2) is 6.15. The van der Waals surface area contributed by atoms with E-state index in [9.17, 15) is 5.11 Å². The van der Waals surface area contributed by atoms with E-state index in [1.165, 1.54) is 6.42 Å². The zero-order valence-electron chi connectivity index (χ0n) is 10.7. The molecule has 2 N–H and O–H groups in total. The first-order valence-corrected chi connectivity index (χ1v) is 7.14. The van der Waals surface area contributed by atoms with Crippen LogP contribution in [-0.2, 0) is 4.74 Å². The first-order chi connectivity index (χ1) is 8.65. The molecule has 0 spiro atoms. The number of aliphatic hydroxyl groups is 1.